The number of hydrogen-bond acceptors (Lipinski definition) is 6. The van der Waals surface area contributed by atoms with Crippen LogP contribution < -0.4 is 11.5 Å². The summed E-state index contributed by atoms with van der Waals surface area (Å²) in [5, 5.41) is 12.8. The summed E-state index contributed by atoms with van der Waals surface area (Å²) in [4.78, 5) is 0.746. The predicted molar refractivity (Wildman–Crippen MR) is 62.9 cm³/mol. The maximum absolute atomic E-state index is 5.73. The molecule has 0 aliphatic rings. The summed E-state index contributed by atoms with van der Waals surface area (Å²) < 4.78 is 1.62. The van der Waals surface area contributed by atoms with E-state index in [1.807, 2.05) is 12.1 Å². The Balaban J connectivity index is 2.18. The van der Waals surface area contributed by atoms with E-state index < -0.39 is 0 Å². The number of anilines is 2. The molecule has 2 heterocycles. The summed E-state index contributed by atoms with van der Waals surface area (Å²) in [5.41, 5.74) is 13.6. The molecule has 3 rings (SSSR count). The highest BCUT2D eigenvalue weighted by Crippen LogP contribution is 2.28. The minimum absolute atomic E-state index is 0.626. The van der Waals surface area contributed by atoms with E-state index in [4.69, 9.17) is 11.5 Å². The van der Waals surface area contributed by atoms with Crippen molar-refractivity contribution >= 4 is 27.7 Å². The zero-order valence-corrected chi connectivity index (χ0v) is 8.98. The van der Waals surface area contributed by atoms with Gasteiger partial charge in [-0.2, -0.15) is 9.61 Å². The van der Waals surface area contributed by atoms with Crippen LogP contribution in [0, 0.1) is 0 Å². The fourth-order valence-corrected chi connectivity index (χ4v) is 2.28. The van der Waals surface area contributed by atoms with E-state index in [0.29, 0.717) is 11.4 Å². The van der Waals surface area contributed by atoms with Crippen LogP contribution in [0.3, 0.4) is 0 Å². The van der Waals surface area contributed by atoms with Gasteiger partial charge in [0.1, 0.15) is 11.3 Å². The fourth-order valence-electron chi connectivity index (χ4n) is 1.48. The lowest BCUT2D eigenvalue weighted by Crippen LogP contribution is -1.91. The van der Waals surface area contributed by atoms with Crippen molar-refractivity contribution in [3.8, 4) is 10.6 Å². The molecule has 0 saturated carbocycles. The van der Waals surface area contributed by atoms with Crippen LogP contribution in [0.1, 0.15) is 0 Å². The van der Waals surface area contributed by atoms with Gasteiger partial charge in [-0.15, -0.1) is 10.2 Å². The maximum Gasteiger partial charge on any atom is 0.234 e. The minimum Gasteiger partial charge on any atom is -0.399 e. The Labute approximate surface area is 94.5 Å². The molecule has 0 unspecified atom stereocenters. The molecular formula is C9H8N6S. The van der Waals surface area contributed by atoms with Crippen molar-refractivity contribution in [2.45, 2.75) is 0 Å². The Hall–Kier alpha value is -2.15. The molecule has 6 nitrogen and oxygen atoms in total. The lowest BCUT2D eigenvalue weighted by atomic mass is 10.2. The quantitative estimate of drug-likeness (QED) is 0.611. The van der Waals surface area contributed by atoms with Gasteiger partial charge in [-0.3, -0.25) is 0 Å². The lowest BCUT2D eigenvalue weighted by molar-refractivity contribution is 0.960. The first kappa shape index (κ1) is 9.10. The zero-order chi connectivity index (χ0) is 11.1. The first-order valence-electron chi connectivity index (χ1n) is 4.55. The van der Waals surface area contributed by atoms with Crippen molar-refractivity contribution in [3.63, 3.8) is 0 Å². The molecule has 0 saturated heterocycles. The molecule has 1 aromatic carbocycles. The average Bonchev–Trinajstić information content (AvgIpc) is 2.74. The molecule has 0 fully saturated rings. The van der Waals surface area contributed by atoms with E-state index in [-0.39, 0.29) is 0 Å². The molecule has 0 amide bonds. The fraction of sp³-hybridized carbons (Fsp3) is 0. The average molecular weight is 232 g/mol. The van der Waals surface area contributed by atoms with Gasteiger partial charge in [-0.25, -0.2) is 0 Å². The van der Waals surface area contributed by atoms with E-state index >= 15 is 0 Å². The van der Waals surface area contributed by atoms with Crippen molar-refractivity contribution in [2.75, 3.05) is 11.5 Å². The number of aromatic nitrogens is 4. The van der Waals surface area contributed by atoms with Crippen LogP contribution in [0.4, 0.5) is 11.4 Å². The van der Waals surface area contributed by atoms with Crippen LogP contribution >= 0.6 is 11.3 Å². The normalized spacial score (nSPS) is 11.0. The molecule has 0 bridgehead atoms. The molecule has 80 valence electrons. The van der Waals surface area contributed by atoms with Crippen molar-refractivity contribution in [3.05, 3.63) is 24.5 Å². The third-order valence-corrected chi connectivity index (χ3v) is 3.07. The Morgan fingerprint density at radius 3 is 2.56 bits per heavy atom. The highest BCUT2D eigenvalue weighted by atomic mass is 32.1. The largest absolute Gasteiger partial charge is 0.399 e. The second-order valence-corrected chi connectivity index (χ2v) is 4.31. The summed E-state index contributed by atoms with van der Waals surface area (Å²) in [5.74, 6) is 0. The number of nitrogens with two attached hydrogens (primary N) is 2. The molecule has 0 atom stereocenters. The zero-order valence-electron chi connectivity index (χ0n) is 8.16. The summed E-state index contributed by atoms with van der Waals surface area (Å²) in [6.07, 6.45) is 1.56. The van der Waals surface area contributed by atoms with Crippen LogP contribution in [-0.4, -0.2) is 19.8 Å². The standard InChI is InChI=1S/C9H8N6S/c10-6-1-5(2-7(11)3-6)8-14-15-4-12-13-9(15)16-8/h1-4H,10-11H2. The van der Waals surface area contributed by atoms with Crippen molar-refractivity contribution < 1.29 is 0 Å². The SMILES string of the molecule is Nc1cc(N)cc(-c2nn3cnnc3s2)c1. The molecule has 7 heteroatoms. The molecule has 0 spiro atoms. The first-order chi connectivity index (χ1) is 7.72. The summed E-state index contributed by atoms with van der Waals surface area (Å²) in [7, 11) is 0. The van der Waals surface area contributed by atoms with Crippen molar-refractivity contribution in [1.29, 1.82) is 0 Å². The van der Waals surface area contributed by atoms with Crippen LogP contribution in [0.5, 0.6) is 0 Å². The van der Waals surface area contributed by atoms with Crippen molar-refractivity contribution in [1.82, 2.24) is 19.8 Å². The van der Waals surface area contributed by atoms with Crippen LogP contribution in [0.2, 0.25) is 0 Å². The molecule has 2 aromatic heterocycles. The van der Waals surface area contributed by atoms with E-state index in [1.165, 1.54) is 11.3 Å². The molecular weight excluding hydrogens is 224 g/mol. The van der Waals surface area contributed by atoms with E-state index in [0.717, 1.165) is 15.5 Å². The minimum atomic E-state index is 0.626. The van der Waals surface area contributed by atoms with Gasteiger partial charge >= 0.3 is 0 Å². The summed E-state index contributed by atoms with van der Waals surface area (Å²) in [6.45, 7) is 0. The van der Waals surface area contributed by atoms with Gasteiger partial charge in [0.25, 0.3) is 0 Å². The van der Waals surface area contributed by atoms with E-state index in [1.54, 1.807) is 16.9 Å². The molecule has 4 N–H and O–H groups in total. The van der Waals surface area contributed by atoms with Gasteiger partial charge in [0.05, 0.1) is 0 Å². The third-order valence-electron chi connectivity index (χ3n) is 2.11. The smallest absolute Gasteiger partial charge is 0.234 e. The monoisotopic (exact) mass is 232 g/mol. The molecule has 0 aliphatic heterocycles. The van der Waals surface area contributed by atoms with Gasteiger partial charge in [-0.05, 0) is 18.2 Å². The Bertz CT molecular complexity index is 606. The second kappa shape index (κ2) is 3.17. The number of rotatable bonds is 1. The molecule has 3 aromatic rings. The Morgan fingerprint density at radius 2 is 1.88 bits per heavy atom. The Morgan fingerprint density at radius 1 is 1.12 bits per heavy atom. The second-order valence-electron chi connectivity index (χ2n) is 3.35. The highest BCUT2D eigenvalue weighted by molar-refractivity contribution is 7.19. The number of nitrogens with zero attached hydrogens (tertiary/aromatic N) is 4. The van der Waals surface area contributed by atoms with Crippen LogP contribution in [-0.2, 0) is 0 Å². The van der Waals surface area contributed by atoms with Gasteiger partial charge < -0.3 is 11.5 Å². The number of hydrogen-bond donors (Lipinski definition) is 2. The topological polar surface area (TPSA) is 95.1 Å². The van der Waals surface area contributed by atoms with Crippen LogP contribution in [0.15, 0.2) is 24.5 Å². The van der Waals surface area contributed by atoms with Crippen molar-refractivity contribution in [2.24, 2.45) is 0 Å². The maximum atomic E-state index is 5.73. The third kappa shape index (κ3) is 1.38. The first-order valence-corrected chi connectivity index (χ1v) is 5.37. The number of fused-ring (bicyclic) bond motifs is 1. The highest BCUT2D eigenvalue weighted by Gasteiger charge is 2.08. The van der Waals surface area contributed by atoms with Gasteiger partial charge in [0, 0.05) is 16.9 Å². The molecule has 0 radical (unpaired) electrons. The summed E-state index contributed by atoms with van der Waals surface area (Å²) in [6, 6.07) is 5.38. The van der Waals surface area contributed by atoms with Gasteiger partial charge in [0.15, 0.2) is 0 Å². The van der Waals surface area contributed by atoms with Crippen LogP contribution in [0.25, 0.3) is 15.5 Å². The lowest BCUT2D eigenvalue weighted by Gasteiger charge is -2.00. The number of nitrogen functional groups attached to an aromatic ring is 2. The summed E-state index contributed by atoms with van der Waals surface area (Å²) >= 11 is 1.44. The van der Waals surface area contributed by atoms with Gasteiger partial charge in [-0.1, -0.05) is 11.3 Å². The van der Waals surface area contributed by atoms with E-state index in [9.17, 15) is 0 Å². The molecule has 16 heavy (non-hydrogen) atoms. The predicted octanol–water partition coefficient (Wildman–Crippen LogP) is 1.02. The molecule has 0 aliphatic carbocycles. The number of benzene rings is 1. The van der Waals surface area contributed by atoms with Gasteiger partial charge in [0.2, 0.25) is 4.96 Å². The van der Waals surface area contributed by atoms with E-state index in [2.05, 4.69) is 15.3 Å². The Kier molecular flexibility index (Phi) is 1.80.